The number of hydrogen-bond acceptors (Lipinski definition) is 4. The number of carbonyl (C=O) groups is 1. The zero-order chi connectivity index (χ0) is 22.7. The van der Waals surface area contributed by atoms with Crippen molar-refractivity contribution in [1.82, 2.24) is 19.6 Å². The first-order chi connectivity index (χ1) is 15.4. The van der Waals surface area contributed by atoms with E-state index in [0.717, 1.165) is 11.3 Å². The van der Waals surface area contributed by atoms with E-state index < -0.39 is 0 Å². The molecule has 0 spiro atoms. The normalized spacial score (nSPS) is 10.9. The van der Waals surface area contributed by atoms with E-state index in [9.17, 15) is 9.18 Å². The van der Waals surface area contributed by atoms with Crippen LogP contribution in [0.1, 0.15) is 27.4 Å². The minimum absolute atomic E-state index is 0.116. The number of hydrogen-bond donors (Lipinski definition) is 1. The third-order valence-electron chi connectivity index (χ3n) is 4.93. The number of para-hydroxylation sites is 1. The van der Waals surface area contributed by atoms with E-state index in [1.165, 1.54) is 16.8 Å². The van der Waals surface area contributed by atoms with Crippen LogP contribution in [-0.2, 0) is 13.3 Å². The van der Waals surface area contributed by atoms with Crippen LogP contribution in [0.4, 0.5) is 10.1 Å². The van der Waals surface area contributed by atoms with Gasteiger partial charge in [-0.25, -0.2) is 9.07 Å². The molecule has 0 aliphatic rings. The lowest BCUT2D eigenvalue weighted by Crippen LogP contribution is -2.15. The van der Waals surface area contributed by atoms with Gasteiger partial charge in [-0.3, -0.25) is 9.48 Å². The maximum Gasteiger partial charge on any atom is 0.276 e. The summed E-state index contributed by atoms with van der Waals surface area (Å²) in [5.41, 5.74) is 3.25. The van der Waals surface area contributed by atoms with E-state index in [2.05, 4.69) is 15.5 Å². The van der Waals surface area contributed by atoms with E-state index in [1.807, 2.05) is 26.0 Å². The molecule has 9 heteroatoms. The van der Waals surface area contributed by atoms with E-state index in [-0.39, 0.29) is 24.1 Å². The van der Waals surface area contributed by atoms with Gasteiger partial charge in [0.05, 0.1) is 28.6 Å². The number of carbonyl (C=O) groups excluding carboxylic acids is 1. The van der Waals surface area contributed by atoms with Crippen LogP contribution in [0.25, 0.3) is 0 Å². The van der Waals surface area contributed by atoms with Crippen LogP contribution in [0.3, 0.4) is 0 Å². The van der Waals surface area contributed by atoms with Crippen molar-refractivity contribution in [2.75, 3.05) is 5.32 Å². The molecule has 0 saturated heterocycles. The van der Waals surface area contributed by atoms with Gasteiger partial charge in [0, 0.05) is 6.20 Å². The number of halogens is 2. The molecule has 0 atom stereocenters. The van der Waals surface area contributed by atoms with Crippen molar-refractivity contribution >= 4 is 23.2 Å². The molecule has 164 valence electrons. The fourth-order valence-corrected chi connectivity index (χ4v) is 3.41. The van der Waals surface area contributed by atoms with Gasteiger partial charge < -0.3 is 10.1 Å². The van der Waals surface area contributed by atoms with Gasteiger partial charge in [-0.2, -0.15) is 10.2 Å². The van der Waals surface area contributed by atoms with Gasteiger partial charge >= 0.3 is 0 Å². The minimum atomic E-state index is -0.353. The molecular formula is C23H21ClFN5O2. The van der Waals surface area contributed by atoms with Crippen LogP contribution >= 0.6 is 11.6 Å². The summed E-state index contributed by atoms with van der Waals surface area (Å²) in [6, 6.07) is 15.0. The summed E-state index contributed by atoms with van der Waals surface area (Å²) in [6.07, 6.45) is 1.66. The van der Waals surface area contributed by atoms with Gasteiger partial charge in [0.25, 0.3) is 5.91 Å². The largest absolute Gasteiger partial charge is 0.470 e. The number of benzene rings is 2. The molecule has 0 aliphatic carbocycles. The zero-order valence-electron chi connectivity index (χ0n) is 17.5. The minimum Gasteiger partial charge on any atom is -0.470 e. The summed E-state index contributed by atoms with van der Waals surface area (Å²) < 4.78 is 22.1. The Balaban J connectivity index is 1.42. The highest BCUT2D eigenvalue weighted by atomic mass is 35.5. The fraction of sp³-hybridized carbons (Fsp3) is 0.174. The second kappa shape index (κ2) is 9.23. The molecule has 1 amide bonds. The Morgan fingerprint density at radius 1 is 1.09 bits per heavy atom. The SMILES string of the molecule is Cc1nn(Cc2ccc(F)cc2)c(C)c1NC(=O)c1ccn(COc2ccccc2Cl)n1. The second-order valence-corrected chi connectivity index (χ2v) is 7.64. The Morgan fingerprint density at radius 3 is 2.59 bits per heavy atom. The number of aromatic nitrogens is 4. The van der Waals surface area contributed by atoms with Crippen molar-refractivity contribution in [3.8, 4) is 5.75 Å². The number of rotatable bonds is 7. The van der Waals surface area contributed by atoms with E-state index >= 15 is 0 Å². The molecule has 0 bridgehead atoms. The molecule has 0 fully saturated rings. The summed E-state index contributed by atoms with van der Waals surface area (Å²) in [6.45, 7) is 4.27. The average Bonchev–Trinajstić information content (AvgIpc) is 3.35. The lowest BCUT2D eigenvalue weighted by molar-refractivity contribution is 0.102. The van der Waals surface area contributed by atoms with Crippen LogP contribution in [0.5, 0.6) is 5.75 Å². The van der Waals surface area contributed by atoms with Crippen LogP contribution < -0.4 is 10.1 Å². The molecule has 1 N–H and O–H groups in total. The molecule has 2 aromatic heterocycles. The van der Waals surface area contributed by atoms with Gasteiger partial charge in [-0.05, 0) is 49.7 Å². The molecule has 32 heavy (non-hydrogen) atoms. The van der Waals surface area contributed by atoms with Crippen molar-refractivity contribution in [3.05, 3.63) is 94.3 Å². The quantitative estimate of drug-likeness (QED) is 0.435. The highest BCUT2D eigenvalue weighted by Gasteiger charge is 2.17. The second-order valence-electron chi connectivity index (χ2n) is 7.23. The Bertz CT molecular complexity index is 1250. The van der Waals surface area contributed by atoms with Crippen LogP contribution in [-0.4, -0.2) is 25.5 Å². The van der Waals surface area contributed by atoms with Gasteiger partial charge in [-0.1, -0.05) is 35.9 Å². The summed E-state index contributed by atoms with van der Waals surface area (Å²) in [5.74, 6) is -0.101. The topological polar surface area (TPSA) is 74.0 Å². The molecule has 4 rings (SSSR count). The molecule has 2 heterocycles. The number of aryl methyl sites for hydroxylation is 1. The average molecular weight is 454 g/mol. The number of anilines is 1. The third kappa shape index (κ3) is 4.81. The van der Waals surface area contributed by atoms with E-state index in [0.29, 0.717) is 28.7 Å². The summed E-state index contributed by atoms with van der Waals surface area (Å²) in [7, 11) is 0. The molecule has 2 aromatic carbocycles. The molecule has 0 saturated carbocycles. The Labute approximate surface area is 189 Å². The lowest BCUT2D eigenvalue weighted by atomic mass is 10.2. The van der Waals surface area contributed by atoms with Crippen LogP contribution in [0.15, 0.2) is 60.8 Å². The predicted octanol–water partition coefficient (Wildman–Crippen LogP) is 4.83. The monoisotopic (exact) mass is 453 g/mol. The van der Waals surface area contributed by atoms with Crippen LogP contribution in [0, 0.1) is 19.7 Å². The van der Waals surface area contributed by atoms with E-state index in [4.69, 9.17) is 16.3 Å². The Kier molecular flexibility index (Phi) is 6.23. The summed E-state index contributed by atoms with van der Waals surface area (Å²) in [5, 5.41) is 12.2. The first-order valence-electron chi connectivity index (χ1n) is 9.91. The maximum atomic E-state index is 13.1. The van der Waals surface area contributed by atoms with Gasteiger partial charge in [-0.15, -0.1) is 0 Å². The number of nitrogens with zero attached hydrogens (tertiary/aromatic N) is 4. The first kappa shape index (κ1) is 21.6. The Hall–Kier alpha value is -3.65. The van der Waals surface area contributed by atoms with Gasteiger partial charge in [0.15, 0.2) is 12.4 Å². The summed E-state index contributed by atoms with van der Waals surface area (Å²) in [4.78, 5) is 12.7. The molecule has 4 aromatic rings. The molecule has 7 nitrogen and oxygen atoms in total. The zero-order valence-corrected chi connectivity index (χ0v) is 18.3. The predicted molar refractivity (Wildman–Crippen MR) is 119 cm³/mol. The van der Waals surface area contributed by atoms with Crippen molar-refractivity contribution in [2.45, 2.75) is 27.1 Å². The fourth-order valence-electron chi connectivity index (χ4n) is 3.22. The third-order valence-corrected chi connectivity index (χ3v) is 5.24. The van der Waals surface area contributed by atoms with Gasteiger partial charge in [0.1, 0.15) is 11.6 Å². The number of amides is 1. The standard InChI is InChI=1S/C23H21ClFN5O2/c1-15-22(16(2)30(27-15)13-17-7-9-18(25)10-8-17)26-23(31)20-11-12-29(28-20)14-32-21-6-4-3-5-19(21)24/h3-12H,13-14H2,1-2H3,(H,26,31). The molecule has 0 radical (unpaired) electrons. The lowest BCUT2D eigenvalue weighted by Gasteiger charge is -2.08. The van der Waals surface area contributed by atoms with Crippen molar-refractivity contribution < 1.29 is 13.9 Å². The highest BCUT2D eigenvalue weighted by Crippen LogP contribution is 2.24. The number of ether oxygens (including phenoxy) is 1. The molecule has 0 unspecified atom stereocenters. The van der Waals surface area contributed by atoms with Gasteiger partial charge in [0.2, 0.25) is 0 Å². The molecule has 0 aliphatic heterocycles. The van der Waals surface area contributed by atoms with Crippen molar-refractivity contribution in [3.63, 3.8) is 0 Å². The van der Waals surface area contributed by atoms with Crippen molar-refractivity contribution in [2.24, 2.45) is 0 Å². The first-order valence-corrected chi connectivity index (χ1v) is 10.3. The van der Waals surface area contributed by atoms with E-state index in [1.54, 1.807) is 41.2 Å². The maximum absolute atomic E-state index is 13.1. The van der Waals surface area contributed by atoms with Crippen LogP contribution in [0.2, 0.25) is 5.02 Å². The summed E-state index contributed by atoms with van der Waals surface area (Å²) >= 11 is 6.08. The smallest absolute Gasteiger partial charge is 0.276 e. The Morgan fingerprint density at radius 2 is 1.84 bits per heavy atom. The highest BCUT2D eigenvalue weighted by molar-refractivity contribution is 6.32. The van der Waals surface area contributed by atoms with Crippen molar-refractivity contribution in [1.29, 1.82) is 0 Å². The molecular weight excluding hydrogens is 433 g/mol. The number of nitrogens with one attached hydrogen (secondary N) is 1.